The summed E-state index contributed by atoms with van der Waals surface area (Å²) in [6.07, 6.45) is -2.90. The summed E-state index contributed by atoms with van der Waals surface area (Å²) in [6.45, 7) is 0. The van der Waals surface area contributed by atoms with E-state index in [4.69, 9.17) is 0 Å². The Bertz CT molecular complexity index is 762. The van der Waals surface area contributed by atoms with Crippen molar-refractivity contribution in [1.29, 1.82) is 0 Å². The van der Waals surface area contributed by atoms with Gasteiger partial charge in [0.2, 0.25) is 0 Å². The number of alkyl halides is 3. The van der Waals surface area contributed by atoms with Gasteiger partial charge in [0.25, 0.3) is 0 Å². The zero-order chi connectivity index (χ0) is 15.6. The average Bonchev–Trinajstić information content (AvgIpc) is 2.55. The van der Waals surface area contributed by atoms with E-state index in [1.54, 1.807) is 18.2 Å². The highest BCUT2D eigenvalue weighted by atomic mass is 19.4. The van der Waals surface area contributed by atoms with E-state index in [-0.39, 0.29) is 5.56 Å². The molecule has 110 valence electrons. The molecule has 0 saturated heterocycles. The van der Waals surface area contributed by atoms with Crippen LogP contribution in [0.25, 0.3) is 22.4 Å². The normalized spacial score (nSPS) is 11.4. The Morgan fingerprint density at radius 2 is 1.36 bits per heavy atom. The standard InChI is InChI=1S/C18H12F3N/c19-18(20,21)16-9-5-4-8-15(16)14-10-11-17(22-12-14)13-6-2-1-3-7-13/h1-12H. The zero-order valence-electron chi connectivity index (χ0n) is 11.5. The topological polar surface area (TPSA) is 12.9 Å². The van der Waals surface area contributed by atoms with Crippen molar-refractivity contribution in [1.82, 2.24) is 4.98 Å². The molecule has 0 unspecified atom stereocenters. The molecule has 1 aromatic heterocycles. The summed E-state index contributed by atoms with van der Waals surface area (Å²) < 4.78 is 39.2. The van der Waals surface area contributed by atoms with Gasteiger partial charge in [0, 0.05) is 17.3 Å². The molecule has 0 spiro atoms. The van der Waals surface area contributed by atoms with E-state index in [2.05, 4.69) is 4.98 Å². The molecule has 0 saturated carbocycles. The van der Waals surface area contributed by atoms with Crippen molar-refractivity contribution in [3.05, 3.63) is 78.5 Å². The van der Waals surface area contributed by atoms with E-state index in [0.717, 1.165) is 17.3 Å². The van der Waals surface area contributed by atoms with Crippen LogP contribution in [0, 0.1) is 0 Å². The summed E-state index contributed by atoms with van der Waals surface area (Å²) in [5.74, 6) is 0. The predicted molar refractivity (Wildman–Crippen MR) is 80.1 cm³/mol. The Morgan fingerprint density at radius 3 is 2.00 bits per heavy atom. The van der Waals surface area contributed by atoms with Crippen LogP contribution < -0.4 is 0 Å². The number of benzene rings is 2. The van der Waals surface area contributed by atoms with Gasteiger partial charge in [0.1, 0.15) is 0 Å². The summed E-state index contributed by atoms with van der Waals surface area (Å²) in [6, 6.07) is 18.4. The fourth-order valence-corrected chi connectivity index (χ4v) is 2.31. The zero-order valence-corrected chi connectivity index (χ0v) is 11.5. The van der Waals surface area contributed by atoms with Crippen molar-refractivity contribution in [2.24, 2.45) is 0 Å². The third kappa shape index (κ3) is 2.86. The molecule has 0 N–H and O–H groups in total. The van der Waals surface area contributed by atoms with Gasteiger partial charge in [-0.25, -0.2) is 0 Å². The fraction of sp³-hybridized carbons (Fsp3) is 0.0556. The minimum Gasteiger partial charge on any atom is -0.256 e. The Labute approximate surface area is 126 Å². The lowest BCUT2D eigenvalue weighted by molar-refractivity contribution is -0.137. The molecule has 1 heterocycles. The Balaban J connectivity index is 2.01. The highest BCUT2D eigenvalue weighted by Crippen LogP contribution is 2.36. The number of nitrogens with zero attached hydrogens (tertiary/aromatic N) is 1. The monoisotopic (exact) mass is 299 g/mol. The molecule has 0 aliphatic rings. The van der Waals surface area contributed by atoms with Gasteiger partial charge in [-0.05, 0) is 17.7 Å². The number of pyridine rings is 1. The third-order valence-corrected chi connectivity index (χ3v) is 3.38. The molecule has 3 aromatic rings. The SMILES string of the molecule is FC(F)(F)c1ccccc1-c1ccc(-c2ccccc2)nc1. The first kappa shape index (κ1) is 14.3. The van der Waals surface area contributed by atoms with Crippen molar-refractivity contribution in [2.75, 3.05) is 0 Å². The van der Waals surface area contributed by atoms with Gasteiger partial charge in [0.15, 0.2) is 0 Å². The van der Waals surface area contributed by atoms with Crippen LogP contribution in [0.4, 0.5) is 13.2 Å². The molecule has 0 aliphatic heterocycles. The maximum absolute atomic E-state index is 13.1. The van der Waals surface area contributed by atoms with Gasteiger partial charge in [-0.2, -0.15) is 13.2 Å². The van der Waals surface area contributed by atoms with Gasteiger partial charge < -0.3 is 0 Å². The molecule has 2 aromatic carbocycles. The Kier molecular flexibility index (Phi) is 3.67. The largest absolute Gasteiger partial charge is 0.417 e. The molecule has 4 heteroatoms. The number of hydrogen-bond donors (Lipinski definition) is 0. The average molecular weight is 299 g/mol. The van der Waals surface area contributed by atoms with Gasteiger partial charge in [-0.3, -0.25) is 4.98 Å². The summed E-state index contributed by atoms with van der Waals surface area (Å²) in [4.78, 5) is 4.28. The third-order valence-electron chi connectivity index (χ3n) is 3.38. The first-order valence-electron chi connectivity index (χ1n) is 6.74. The maximum Gasteiger partial charge on any atom is 0.417 e. The molecule has 0 fully saturated rings. The van der Waals surface area contributed by atoms with Gasteiger partial charge in [0.05, 0.1) is 11.3 Å². The molecule has 0 aliphatic carbocycles. The molecular formula is C18H12F3N. The lowest BCUT2D eigenvalue weighted by Crippen LogP contribution is -2.06. The summed E-state index contributed by atoms with van der Waals surface area (Å²) in [5, 5.41) is 0. The van der Waals surface area contributed by atoms with Crippen molar-refractivity contribution in [3.8, 4) is 22.4 Å². The van der Waals surface area contributed by atoms with Crippen molar-refractivity contribution < 1.29 is 13.2 Å². The number of hydrogen-bond acceptors (Lipinski definition) is 1. The van der Waals surface area contributed by atoms with Crippen molar-refractivity contribution >= 4 is 0 Å². The van der Waals surface area contributed by atoms with E-state index in [9.17, 15) is 13.2 Å². The molecule has 0 amide bonds. The number of halogens is 3. The van der Waals surface area contributed by atoms with E-state index in [1.807, 2.05) is 30.3 Å². The highest BCUT2D eigenvalue weighted by molar-refractivity contribution is 5.69. The van der Waals surface area contributed by atoms with Crippen LogP contribution in [0.3, 0.4) is 0 Å². The highest BCUT2D eigenvalue weighted by Gasteiger charge is 2.33. The Hall–Kier alpha value is -2.62. The van der Waals surface area contributed by atoms with Gasteiger partial charge >= 0.3 is 6.18 Å². The molecular weight excluding hydrogens is 287 g/mol. The first-order chi connectivity index (χ1) is 10.6. The minimum atomic E-state index is -4.38. The van der Waals surface area contributed by atoms with E-state index in [1.165, 1.54) is 18.3 Å². The Morgan fingerprint density at radius 1 is 0.682 bits per heavy atom. The van der Waals surface area contributed by atoms with E-state index >= 15 is 0 Å². The van der Waals surface area contributed by atoms with Crippen LogP contribution in [-0.2, 0) is 6.18 Å². The smallest absolute Gasteiger partial charge is 0.256 e. The molecule has 1 nitrogen and oxygen atoms in total. The summed E-state index contributed by atoms with van der Waals surface area (Å²) in [5.41, 5.74) is 1.60. The van der Waals surface area contributed by atoms with Crippen LogP contribution in [0.15, 0.2) is 72.9 Å². The molecule has 22 heavy (non-hydrogen) atoms. The lowest BCUT2D eigenvalue weighted by Gasteiger charge is -2.12. The lowest BCUT2D eigenvalue weighted by atomic mass is 10.00. The minimum absolute atomic E-state index is 0.141. The van der Waals surface area contributed by atoms with Crippen LogP contribution in [-0.4, -0.2) is 4.98 Å². The van der Waals surface area contributed by atoms with Crippen LogP contribution in [0.1, 0.15) is 5.56 Å². The first-order valence-corrected chi connectivity index (χ1v) is 6.74. The summed E-state index contributed by atoms with van der Waals surface area (Å²) in [7, 11) is 0. The van der Waals surface area contributed by atoms with Crippen molar-refractivity contribution in [3.63, 3.8) is 0 Å². The van der Waals surface area contributed by atoms with Crippen LogP contribution in [0.5, 0.6) is 0 Å². The van der Waals surface area contributed by atoms with Crippen molar-refractivity contribution in [2.45, 2.75) is 6.18 Å². The quantitative estimate of drug-likeness (QED) is 0.614. The second kappa shape index (κ2) is 5.64. The summed E-state index contributed by atoms with van der Waals surface area (Å²) >= 11 is 0. The molecule has 0 bridgehead atoms. The predicted octanol–water partition coefficient (Wildman–Crippen LogP) is 5.43. The number of rotatable bonds is 2. The second-order valence-corrected chi connectivity index (χ2v) is 4.84. The fourth-order valence-electron chi connectivity index (χ4n) is 2.31. The molecule has 3 rings (SSSR count). The van der Waals surface area contributed by atoms with E-state index in [0.29, 0.717) is 5.56 Å². The number of aromatic nitrogens is 1. The van der Waals surface area contributed by atoms with Gasteiger partial charge in [-0.1, -0.05) is 54.6 Å². The maximum atomic E-state index is 13.1. The van der Waals surface area contributed by atoms with Crippen LogP contribution >= 0.6 is 0 Å². The van der Waals surface area contributed by atoms with Crippen LogP contribution in [0.2, 0.25) is 0 Å². The second-order valence-electron chi connectivity index (χ2n) is 4.84. The molecule has 0 atom stereocenters. The molecule has 0 radical (unpaired) electrons. The van der Waals surface area contributed by atoms with E-state index < -0.39 is 11.7 Å². The van der Waals surface area contributed by atoms with Gasteiger partial charge in [-0.15, -0.1) is 0 Å².